The maximum atomic E-state index is 12.3. The molecule has 1 atom stereocenters. The van der Waals surface area contributed by atoms with E-state index >= 15 is 0 Å². The van der Waals surface area contributed by atoms with Crippen LogP contribution in [0.5, 0.6) is 0 Å². The van der Waals surface area contributed by atoms with E-state index in [1.807, 2.05) is 12.1 Å². The van der Waals surface area contributed by atoms with Crippen LogP contribution < -0.4 is 5.32 Å². The highest BCUT2D eigenvalue weighted by molar-refractivity contribution is 7.89. The SMILES string of the molecule is CC1CNCCN(Cc2cccc(Cl)c2)S1(=O)=O. The Labute approximate surface area is 113 Å². The van der Waals surface area contributed by atoms with Crippen LogP contribution in [0.1, 0.15) is 12.5 Å². The first-order valence-electron chi connectivity index (χ1n) is 5.94. The van der Waals surface area contributed by atoms with Crippen molar-refractivity contribution in [2.24, 2.45) is 0 Å². The molecule has 0 aliphatic carbocycles. The second-order valence-electron chi connectivity index (χ2n) is 4.52. The van der Waals surface area contributed by atoms with Crippen LogP contribution in [0.25, 0.3) is 0 Å². The largest absolute Gasteiger partial charge is 0.314 e. The van der Waals surface area contributed by atoms with E-state index in [-0.39, 0.29) is 5.25 Å². The van der Waals surface area contributed by atoms with E-state index < -0.39 is 10.0 Å². The summed E-state index contributed by atoms with van der Waals surface area (Å²) in [4.78, 5) is 0. The highest BCUT2D eigenvalue weighted by Crippen LogP contribution is 2.17. The average Bonchev–Trinajstić information content (AvgIpc) is 2.42. The number of nitrogens with one attached hydrogen (secondary N) is 1. The first kappa shape index (κ1) is 13.8. The van der Waals surface area contributed by atoms with Crippen molar-refractivity contribution < 1.29 is 8.42 Å². The van der Waals surface area contributed by atoms with Crippen LogP contribution in [0, 0.1) is 0 Å². The monoisotopic (exact) mass is 288 g/mol. The van der Waals surface area contributed by atoms with Gasteiger partial charge in [0.05, 0.1) is 5.25 Å². The lowest BCUT2D eigenvalue weighted by Gasteiger charge is -2.22. The van der Waals surface area contributed by atoms with Crippen molar-refractivity contribution in [1.29, 1.82) is 0 Å². The smallest absolute Gasteiger partial charge is 0.218 e. The molecule has 1 unspecified atom stereocenters. The fraction of sp³-hybridized carbons (Fsp3) is 0.500. The molecule has 0 saturated carbocycles. The van der Waals surface area contributed by atoms with Crippen molar-refractivity contribution in [3.8, 4) is 0 Å². The van der Waals surface area contributed by atoms with Gasteiger partial charge in [-0.3, -0.25) is 0 Å². The van der Waals surface area contributed by atoms with Gasteiger partial charge in [0.2, 0.25) is 10.0 Å². The molecule has 1 heterocycles. The van der Waals surface area contributed by atoms with Gasteiger partial charge in [0, 0.05) is 31.2 Å². The van der Waals surface area contributed by atoms with Crippen molar-refractivity contribution in [3.05, 3.63) is 34.9 Å². The normalized spacial score (nSPS) is 24.7. The fourth-order valence-corrected chi connectivity index (χ4v) is 3.73. The summed E-state index contributed by atoms with van der Waals surface area (Å²) < 4.78 is 26.1. The number of rotatable bonds is 2. The Balaban J connectivity index is 2.21. The number of halogens is 1. The maximum Gasteiger partial charge on any atom is 0.218 e. The van der Waals surface area contributed by atoms with Crippen LogP contribution in [-0.4, -0.2) is 37.6 Å². The Morgan fingerprint density at radius 3 is 3.00 bits per heavy atom. The molecule has 1 aromatic rings. The average molecular weight is 289 g/mol. The molecule has 1 fully saturated rings. The number of nitrogens with zero attached hydrogens (tertiary/aromatic N) is 1. The molecule has 6 heteroatoms. The zero-order valence-corrected chi connectivity index (χ0v) is 11.8. The summed E-state index contributed by atoms with van der Waals surface area (Å²) in [6, 6.07) is 7.32. The first-order chi connectivity index (χ1) is 8.50. The molecule has 1 aliphatic heterocycles. The lowest BCUT2D eigenvalue weighted by molar-refractivity contribution is 0.413. The summed E-state index contributed by atoms with van der Waals surface area (Å²) in [6.45, 7) is 3.81. The number of benzene rings is 1. The van der Waals surface area contributed by atoms with Gasteiger partial charge in [-0.1, -0.05) is 23.7 Å². The van der Waals surface area contributed by atoms with Gasteiger partial charge in [0.1, 0.15) is 0 Å². The fourth-order valence-electron chi connectivity index (χ4n) is 2.00. The molecule has 18 heavy (non-hydrogen) atoms. The van der Waals surface area contributed by atoms with E-state index in [2.05, 4.69) is 5.32 Å². The number of hydrogen-bond acceptors (Lipinski definition) is 3. The molecule has 100 valence electrons. The summed E-state index contributed by atoms with van der Waals surface area (Å²) in [5.41, 5.74) is 0.917. The van der Waals surface area contributed by atoms with Crippen molar-refractivity contribution in [2.45, 2.75) is 18.7 Å². The summed E-state index contributed by atoms with van der Waals surface area (Å²) in [7, 11) is -3.22. The Hall–Kier alpha value is -0.620. The van der Waals surface area contributed by atoms with E-state index in [4.69, 9.17) is 11.6 Å². The van der Waals surface area contributed by atoms with Crippen molar-refractivity contribution in [1.82, 2.24) is 9.62 Å². The second kappa shape index (κ2) is 5.57. The lowest BCUT2D eigenvalue weighted by atomic mass is 10.2. The van der Waals surface area contributed by atoms with Gasteiger partial charge >= 0.3 is 0 Å². The van der Waals surface area contributed by atoms with E-state index in [9.17, 15) is 8.42 Å². The van der Waals surface area contributed by atoms with Crippen LogP contribution in [-0.2, 0) is 16.6 Å². The Bertz CT molecular complexity index is 519. The van der Waals surface area contributed by atoms with Crippen LogP contribution >= 0.6 is 11.6 Å². The molecule has 0 amide bonds. The zero-order chi connectivity index (χ0) is 13.2. The van der Waals surface area contributed by atoms with Gasteiger partial charge in [-0.15, -0.1) is 0 Å². The second-order valence-corrected chi connectivity index (χ2v) is 7.31. The molecular weight excluding hydrogens is 272 g/mol. The minimum atomic E-state index is -3.22. The maximum absolute atomic E-state index is 12.3. The van der Waals surface area contributed by atoms with Gasteiger partial charge in [-0.2, -0.15) is 4.31 Å². The third-order valence-electron chi connectivity index (χ3n) is 3.09. The molecular formula is C12H17ClN2O2S. The highest BCUT2D eigenvalue weighted by atomic mass is 35.5. The summed E-state index contributed by atoms with van der Waals surface area (Å²) >= 11 is 5.91. The molecule has 1 saturated heterocycles. The van der Waals surface area contributed by atoms with Gasteiger partial charge in [0.25, 0.3) is 0 Å². The lowest BCUT2D eigenvalue weighted by Crippen LogP contribution is -2.37. The van der Waals surface area contributed by atoms with Gasteiger partial charge in [-0.05, 0) is 24.6 Å². The molecule has 4 nitrogen and oxygen atoms in total. The first-order valence-corrected chi connectivity index (χ1v) is 7.82. The van der Waals surface area contributed by atoms with Crippen molar-refractivity contribution in [2.75, 3.05) is 19.6 Å². The van der Waals surface area contributed by atoms with Gasteiger partial charge in [-0.25, -0.2) is 8.42 Å². The predicted octanol–water partition coefficient (Wildman–Crippen LogP) is 1.46. The minimum Gasteiger partial charge on any atom is -0.314 e. The number of hydrogen-bond donors (Lipinski definition) is 1. The third kappa shape index (κ3) is 3.03. The summed E-state index contributed by atoms with van der Waals surface area (Å²) in [5, 5.41) is 3.37. The van der Waals surface area contributed by atoms with E-state index in [1.54, 1.807) is 19.1 Å². The standard InChI is InChI=1S/C12H17ClN2O2S/c1-10-8-14-5-6-15(18(10,16)17)9-11-3-2-4-12(13)7-11/h2-4,7,10,14H,5-6,8-9H2,1H3. The molecule has 0 bridgehead atoms. The molecule has 0 aromatic heterocycles. The van der Waals surface area contributed by atoms with E-state index in [0.29, 0.717) is 31.2 Å². The number of sulfonamides is 1. The van der Waals surface area contributed by atoms with Crippen LogP contribution in [0.3, 0.4) is 0 Å². The molecule has 0 spiro atoms. The highest BCUT2D eigenvalue weighted by Gasteiger charge is 2.30. The molecule has 1 aliphatic rings. The van der Waals surface area contributed by atoms with Gasteiger partial charge in [0.15, 0.2) is 0 Å². The van der Waals surface area contributed by atoms with E-state index in [0.717, 1.165) is 5.56 Å². The van der Waals surface area contributed by atoms with E-state index in [1.165, 1.54) is 4.31 Å². The van der Waals surface area contributed by atoms with Crippen LogP contribution in [0.2, 0.25) is 5.02 Å². The van der Waals surface area contributed by atoms with Crippen LogP contribution in [0.15, 0.2) is 24.3 Å². The quantitative estimate of drug-likeness (QED) is 0.896. The predicted molar refractivity (Wildman–Crippen MR) is 73.1 cm³/mol. The zero-order valence-electron chi connectivity index (χ0n) is 10.3. The third-order valence-corrected chi connectivity index (χ3v) is 5.54. The summed E-state index contributed by atoms with van der Waals surface area (Å²) in [6.07, 6.45) is 0. The Kier molecular flexibility index (Phi) is 4.27. The van der Waals surface area contributed by atoms with Crippen LogP contribution in [0.4, 0.5) is 0 Å². The molecule has 1 aromatic carbocycles. The van der Waals surface area contributed by atoms with Gasteiger partial charge < -0.3 is 5.32 Å². The Morgan fingerprint density at radius 1 is 1.50 bits per heavy atom. The van der Waals surface area contributed by atoms with Crippen molar-refractivity contribution in [3.63, 3.8) is 0 Å². The molecule has 2 rings (SSSR count). The topological polar surface area (TPSA) is 49.4 Å². The Morgan fingerprint density at radius 2 is 2.28 bits per heavy atom. The minimum absolute atomic E-state index is 0.384. The molecule has 0 radical (unpaired) electrons. The van der Waals surface area contributed by atoms with Crippen molar-refractivity contribution >= 4 is 21.6 Å². The molecule has 1 N–H and O–H groups in total. The summed E-state index contributed by atoms with van der Waals surface area (Å²) in [5.74, 6) is 0.